The van der Waals surface area contributed by atoms with E-state index >= 15 is 0 Å². The molecule has 119 valence electrons. The molecule has 0 unspecified atom stereocenters. The molecule has 1 aromatic rings. The second-order valence-corrected chi connectivity index (χ2v) is 4.96. The Bertz CT molecular complexity index is 626. The summed E-state index contributed by atoms with van der Waals surface area (Å²) in [6, 6.07) is 7.08. The number of hydrogen-bond acceptors (Lipinski definition) is 2. The predicted octanol–water partition coefficient (Wildman–Crippen LogP) is 4.61. The molecular weight excluding hydrogens is 397 g/mol. The van der Waals surface area contributed by atoms with Crippen molar-refractivity contribution in [1.82, 2.24) is 4.90 Å². The van der Waals surface area contributed by atoms with Crippen molar-refractivity contribution < 1.29 is 46.2 Å². The Labute approximate surface area is 165 Å². The molecule has 1 heterocycles. The minimum absolute atomic E-state index is 0. The minimum atomic E-state index is -2.51. The Morgan fingerprint density at radius 2 is 1.96 bits per heavy atom. The van der Waals surface area contributed by atoms with Crippen LogP contribution in [0.3, 0.4) is 0 Å². The van der Waals surface area contributed by atoms with Crippen molar-refractivity contribution in [3.8, 4) is 5.75 Å². The maximum Gasteiger partial charge on any atom is 0.256 e. The van der Waals surface area contributed by atoms with E-state index in [0.29, 0.717) is 28.8 Å². The quantitative estimate of drug-likeness (QED) is 0.501. The molecule has 0 amide bonds. The van der Waals surface area contributed by atoms with Crippen molar-refractivity contribution in [2.24, 2.45) is 0 Å². The van der Waals surface area contributed by atoms with Crippen LogP contribution in [0.15, 0.2) is 60.3 Å². The van der Waals surface area contributed by atoms with Crippen LogP contribution in [0.1, 0.15) is 5.56 Å². The number of alkyl halides is 2. The van der Waals surface area contributed by atoms with Gasteiger partial charge in [0.25, 0.3) is 6.43 Å². The molecular formula is C17H15ClF2NOY-. The third kappa shape index (κ3) is 5.27. The summed E-state index contributed by atoms with van der Waals surface area (Å²) in [7, 11) is 0. The van der Waals surface area contributed by atoms with E-state index in [1.165, 1.54) is 11.0 Å². The molecule has 0 saturated heterocycles. The first-order valence-corrected chi connectivity index (χ1v) is 6.99. The van der Waals surface area contributed by atoms with Crippen LogP contribution in [0.2, 0.25) is 0 Å². The molecule has 1 radical (unpaired) electrons. The molecule has 1 aromatic carbocycles. The molecule has 2 rings (SSSR count). The van der Waals surface area contributed by atoms with Gasteiger partial charge in [-0.25, -0.2) is 8.78 Å². The van der Waals surface area contributed by atoms with Gasteiger partial charge in [0.1, 0.15) is 12.4 Å². The van der Waals surface area contributed by atoms with E-state index < -0.39 is 13.0 Å². The van der Waals surface area contributed by atoms with Gasteiger partial charge in [0.05, 0.1) is 6.54 Å². The standard InChI is InChI=1S/C17H15ClF2NO.Y/c1-3-10-22-14-6-4-13(5-7-14)16-9-8-15(18)12(2)21(16)11-17(19)20;/h3-8,17H,1-2,10-11H2;/q-1;. The maximum absolute atomic E-state index is 12.8. The molecule has 1 aliphatic heterocycles. The van der Waals surface area contributed by atoms with Gasteiger partial charge in [-0.2, -0.15) is 23.8 Å². The number of nitrogens with zero attached hydrogens (tertiary/aromatic N) is 1. The van der Waals surface area contributed by atoms with Crippen molar-refractivity contribution in [1.29, 1.82) is 0 Å². The van der Waals surface area contributed by atoms with E-state index in [9.17, 15) is 8.78 Å². The Kier molecular flexibility index (Phi) is 8.17. The van der Waals surface area contributed by atoms with Crippen LogP contribution in [-0.2, 0) is 32.7 Å². The summed E-state index contributed by atoms with van der Waals surface area (Å²) in [5.41, 5.74) is 1.57. The van der Waals surface area contributed by atoms with Gasteiger partial charge < -0.3 is 9.64 Å². The van der Waals surface area contributed by atoms with Crippen molar-refractivity contribution in [3.63, 3.8) is 0 Å². The van der Waals surface area contributed by atoms with Crippen LogP contribution in [0.5, 0.6) is 5.75 Å². The first kappa shape index (κ1) is 20.1. The molecule has 2 nitrogen and oxygen atoms in total. The molecule has 0 aromatic heterocycles. The number of rotatable bonds is 6. The van der Waals surface area contributed by atoms with Crippen molar-refractivity contribution in [3.05, 3.63) is 71.9 Å². The van der Waals surface area contributed by atoms with Crippen LogP contribution >= 0.6 is 11.6 Å². The summed E-state index contributed by atoms with van der Waals surface area (Å²) in [6.07, 6.45) is 3.60. The van der Waals surface area contributed by atoms with Gasteiger partial charge in [-0.05, 0) is 22.9 Å². The van der Waals surface area contributed by atoms with E-state index in [1.807, 2.05) is 0 Å². The molecule has 0 atom stereocenters. The smallest absolute Gasteiger partial charge is 0.256 e. The minimum Gasteiger partial charge on any atom is -0.490 e. The van der Waals surface area contributed by atoms with Gasteiger partial charge in [0.2, 0.25) is 0 Å². The van der Waals surface area contributed by atoms with Crippen LogP contribution in [0.25, 0.3) is 5.70 Å². The molecule has 0 N–H and O–H groups in total. The molecule has 0 fully saturated rings. The van der Waals surface area contributed by atoms with Crippen molar-refractivity contribution in [2.45, 2.75) is 6.43 Å². The third-order valence-electron chi connectivity index (χ3n) is 3.02. The SMILES string of the molecule is C=CCOc1ccc(C2=[C-]C=C(Cl)C(=C)N2CC(F)F)cc1.[Y]. The third-order valence-corrected chi connectivity index (χ3v) is 3.35. The Balaban J connectivity index is 0.00000264. The number of allylic oxidation sites excluding steroid dienone is 3. The monoisotopic (exact) mass is 411 g/mol. The molecule has 0 saturated carbocycles. The maximum atomic E-state index is 12.8. The average molecular weight is 412 g/mol. The topological polar surface area (TPSA) is 12.5 Å². The summed E-state index contributed by atoms with van der Waals surface area (Å²) in [5, 5.41) is 0.301. The fourth-order valence-electron chi connectivity index (χ4n) is 2.00. The van der Waals surface area contributed by atoms with Gasteiger partial charge in [-0.15, -0.1) is 12.1 Å². The van der Waals surface area contributed by atoms with Gasteiger partial charge in [0, 0.05) is 32.7 Å². The number of hydrogen-bond donors (Lipinski definition) is 0. The molecule has 0 bridgehead atoms. The summed E-state index contributed by atoms with van der Waals surface area (Å²) < 4.78 is 31.0. The van der Waals surface area contributed by atoms with E-state index in [-0.39, 0.29) is 32.7 Å². The summed E-state index contributed by atoms with van der Waals surface area (Å²) >= 11 is 5.95. The largest absolute Gasteiger partial charge is 0.490 e. The molecule has 23 heavy (non-hydrogen) atoms. The van der Waals surface area contributed by atoms with E-state index in [1.54, 1.807) is 30.3 Å². The number of halogens is 3. The average Bonchev–Trinajstić information content (AvgIpc) is 2.50. The van der Waals surface area contributed by atoms with Crippen LogP contribution in [0.4, 0.5) is 8.78 Å². The normalized spacial score (nSPS) is 14.1. The zero-order valence-corrected chi connectivity index (χ0v) is 16.0. The fourth-order valence-corrected chi connectivity index (χ4v) is 2.16. The van der Waals surface area contributed by atoms with Crippen molar-refractivity contribution in [2.75, 3.05) is 13.2 Å². The first-order chi connectivity index (χ1) is 10.5. The second kappa shape index (κ2) is 9.36. The van der Waals surface area contributed by atoms with Crippen LogP contribution < -0.4 is 4.74 Å². The number of benzene rings is 1. The van der Waals surface area contributed by atoms with Crippen LogP contribution in [0, 0.1) is 6.08 Å². The fraction of sp³-hybridized carbons (Fsp3) is 0.176. The van der Waals surface area contributed by atoms with E-state index in [0.717, 1.165) is 5.56 Å². The van der Waals surface area contributed by atoms with Crippen molar-refractivity contribution >= 4 is 17.3 Å². The molecule has 0 spiro atoms. The van der Waals surface area contributed by atoms with E-state index in [2.05, 4.69) is 19.2 Å². The van der Waals surface area contributed by atoms with Crippen LogP contribution in [-0.4, -0.2) is 24.5 Å². The van der Waals surface area contributed by atoms with Gasteiger partial charge >= 0.3 is 0 Å². The van der Waals surface area contributed by atoms with Gasteiger partial charge in [0.15, 0.2) is 0 Å². The molecule has 1 aliphatic rings. The van der Waals surface area contributed by atoms with Gasteiger partial charge in [-0.3, -0.25) is 0 Å². The number of ether oxygens (including phenoxy) is 1. The summed E-state index contributed by atoms with van der Waals surface area (Å²) in [4.78, 5) is 1.37. The first-order valence-electron chi connectivity index (χ1n) is 6.61. The van der Waals surface area contributed by atoms with Gasteiger partial charge in [-0.1, -0.05) is 30.5 Å². The summed E-state index contributed by atoms with van der Waals surface area (Å²) in [5.74, 6) is 0.674. The molecule has 6 heteroatoms. The Hall–Kier alpha value is -0.966. The second-order valence-electron chi connectivity index (χ2n) is 4.56. The molecule has 0 aliphatic carbocycles. The predicted molar refractivity (Wildman–Crippen MR) is 84.6 cm³/mol. The zero-order chi connectivity index (χ0) is 16.1. The zero-order valence-electron chi connectivity index (χ0n) is 12.4. The Morgan fingerprint density at radius 1 is 1.30 bits per heavy atom. The summed E-state index contributed by atoms with van der Waals surface area (Å²) in [6.45, 7) is 7.25. The Morgan fingerprint density at radius 3 is 2.52 bits per heavy atom. The van der Waals surface area contributed by atoms with E-state index in [4.69, 9.17) is 16.3 Å².